The molecule has 5 heteroatoms. The van der Waals surface area contributed by atoms with Gasteiger partial charge in [-0.3, -0.25) is 19.5 Å². The van der Waals surface area contributed by atoms with Crippen molar-refractivity contribution in [3.63, 3.8) is 0 Å². The molecule has 2 rings (SSSR count). The number of Topliss-reactive ketones (excluding diaryl/α,β-unsaturated/α-hetero) is 1. The van der Waals surface area contributed by atoms with Crippen LogP contribution in [0.3, 0.4) is 0 Å². The fraction of sp³-hybridized carbons (Fsp3) is 0.650. The highest BCUT2D eigenvalue weighted by Gasteiger charge is 2.23. The Hall–Kier alpha value is -1.75. The Morgan fingerprint density at radius 2 is 1.80 bits per heavy atom. The number of rotatable bonds is 10. The molecular formula is C20H31N3O2. The van der Waals surface area contributed by atoms with Gasteiger partial charge in [-0.2, -0.15) is 0 Å². The number of carbonyl (C=O) groups excluding carboxylic acids is 2. The first-order valence-electron chi connectivity index (χ1n) is 9.64. The summed E-state index contributed by atoms with van der Waals surface area (Å²) in [6.07, 6.45) is 11.2. The molecule has 0 bridgehead atoms. The van der Waals surface area contributed by atoms with Crippen molar-refractivity contribution < 1.29 is 9.59 Å². The van der Waals surface area contributed by atoms with Crippen molar-refractivity contribution in [2.75, 3.05) is 13.1 Å². The Bertz CT molecular complexity index is 525. The van der Waals surface area contributed by atoms with Crippen molar-refractivity contribution in [2.24, 2.45) is 0 Å². The van der Waals surface area contributed by atoms with Gasteiger partial charge in [0.15, 0.2) is 0 Å². The molecule has 0 unspecified atom stereocenters. The van der Waals surface area contributed by atoms with E-state index in [2.05, 4.69) is 22.1 Å². The van der Waals surface area contributed by atoms with E-state index in [0.29, 0.717) is 6.42 Å². The molecule has 0 spiro atoms. The molecule has 1 amide bonds. The lowest BCUT2D eigenvalue weighted by atomic mass is 10.0. The zero-order chi connectivity index (χ0) is 17.9. The minimum atomic E-state index is -0.386. The lowest BCUT2D eigenvalue weighted by Gasteiger charge is -2.32. The maximum Gasteiger partial charge on any atom is 0.287 e. The van der Waals surface area contributed by atoms with E-state index in [9.17, 15) is 9.59 Å². The molecule has 0 radical (unpaired) electrons. The number of aromatic nitrogens is 1. The molecule has 0 aliphatic carbocycles. The molecule has 138 valence electrons. The van der Waals surface area contributed by atoms with Crippen LogP contribution < -0.4 is 5.32 Å². The van der Waals surface area contributed by atoms with E-state index in [1.165, 1.54) is 18.4 Å². The van der Waals surface area contributed by atoms with Crippen LogP contribution in [0.15, 0.2) is 24.5 Å². The number of pyridine rings is 1. The smallest absolute Gasteiger partial charge is 0.287 e. The van der Waals surface area contributed by atoms with E-state index in [1.54, 1.807) is 0 Å². The number of carbonyl (C=O) groups is 2. The normalized spacial score (nSPS) is 15.9. The maximum atomic E-state index is 12.0. The third kappa shape index (κ3) is 7.34. The largest absolute Gasteiger partial charge is 0.347 e. The summed E-state index contributed by atoms with van der Waals surface area (Å²) in [6.45, 7) is 4.97. The first-order valence-corrected chi connectivity index (χ1v) is 9.64. The van der Waals surface area contributed by atoms with Gasteiger partial charge in [0.1, 0.15) is 0 Å². The number of ketones is 1. The van der Waals surface area contributed by atoms with Gasteiger partial charge in [0.25, 0.3) is 5.91 Å². The summed E-state index contributed by atoms with van der Waals surface area (Å²) < 4.78 is 0. The number of hydrogen-bond donors (Lipinski definition) is 1. The van der Waals surface area contributed by atoms with Gasteiger partial charge in [0.05, 0.1) is 0 Å². The molecule has 1 aromatic rings. The van der Waals surface area contributed by atoms with Gasteiger partial charge in [-0.05, 0) is 37.0 Å². The zero-order valence-corrected chi connectivity index (χ0v) is 15.4. The fourth-order valence-corrected chi connectivity index (χ4v) is 3.25. The minimum absolute atomic E-state index is 0.130. The summed E-state index contributed by atoms with van der Waals surface area (Å²) in [5.41, 5.74) is 1.26. The van der Waals surface area contributed by atoms with E-state index in [1.807, 2.05) is 24.5 Å². The number of likely N-dealkylation sites (tertiary alicyclic amines) is 1. The number of hydrogen-bond acceptors (Lipinski definition) is 4. The van der Waals surface area contributed by atoms with Crippen molar-refractivity contribution in [2.45, 2.75) is 70.9 Å². The molecule has 5 nitrogen and oxygen atoms in total. The summed E-state index contributed by atoms with van der Waals surface area (Å²) in [6, 6.07) is 4.20. The Balaban J connectivity index is 1.62. The molecule has 25 heavy (non-hydrogen) atoms. The highest BCUT2D eigenvalue weighted by atomic mass is 16.2. The molecule has 2 heterocycles. The third-order valence-electron chi connectivity index (χ3n) is 4.84. The Kier molecular flexibility index (Phi) is 8.60. The maximum absolute atomic E-state index is 12.0. The fourth-order valence-electron chi connectivity index (χ4n) is 3.25. The first-order chi connectivity index (χ1) is 12.2. The lowest BCUT2D eigenvalue weighted by Crippen LogP contribution is -2.46. The lowest BCUT2D eigenvalue weighted by molar-refractivity contribution is -0.138. The highest BCUT2D eigenvalue weighted by Crippen LogP contribution is 2.14. The van der Waals surface area contributed by atoms with Gasteiger partial charge in [0, 0.05) is 44.5 Å². The molecule has 1 N–H and O–H groups in total. The molecule has 1 aromatic heterocycles. The summed E-state index contributed by atoms with van der Waals surface area (Å²) >= 11 is 0. The topological polar surface area (TPSA) is 62.3 Å². The molecule has 0 aromatic carbocycles. The molecule has 1 fully saturated rings. The second-order valence-corrected chi connectivity index (χ2v) is 6.97. The van der Waals surface area contributed by atoms with Crippen molar-refractivity contribution >= 4 is 11.7 Å². The quantitative estimate of drug-likeness (QED) is 0.523. The molecule has 0 saturated carbocycles. The van der Waals surface area contributed by atoms with Crippen LogP contribution in [0.25, 0.3) is 0 Å². The summed E-state index contributed by atoms with van der Waals surface area (Å²) in [7, 11) is 0. The van der Waals surface area contributed by atoms with Gasteiger partial charge in [0.2, 0.25) is 5.78 Å². The van der Waals surface area contributed by atoms with Crippen LogP contribution in [0.2, 0.25) is 0 Å². The monoisotopic (exact) mass is 345 g/mol. The zero-order valence-electron chi connectivity index (χ0n) is 15.4. The van der Waals surface area contributed by atoms with Crippen LogP contribution in [-0.4, -0.2) is 40.7 Å². The minimum Gasteiger partial charge on any atom is -0.347 e. The SMILES string of the molecule is CCCCCCCC(=O)C(=O)NC1CCN(Cc2ccncc2)CC1. The second-order valence-electron chi connectivity index (χ2n) is 6.97. The van der Waals surface area contributed by atoms with E-state index in [0.717, 1.165) is 51.7 Å². The first kappa shape index (κ1) is 19.6. The van der Waals surface area contributed by atoms with Crippen LogP contribution >= 0.6 is 0 Å². The number of unbranched alkanes of at least 4 members (excludes halogenated alkanes) is 4. The van der Waals surface area contributed by atoms with Crippen LogP contribution in [-0.2, 0) is 16.1 Å². The third-order valence-corrected chi connectivity index (χ3v) is 4.84. The number of amides is 1. The Labute approximate surface area is 151 Å². The summed E-state index contributed by atoms with van der Waals surface area (Å²) in [4.78, 5) is 30.4. The molecule has 0 atom stereocenters. The van der Waals surface area contributed by atoms with Gasteiger partial charge < -0.3 is 5.32 Å². The van der Waals surface area contributed by atoms with Crippen LogP contribution in [0.1, 0.15) is 63.9 Å². The summed E-state index contributed by atoms with van der Waals surface area (Å²) in [5.74, 6) is -0.640. The van der Waals surface area contributed by atoms with Crippen molar-refractivity contribution in [1.29, 1.82) is 0 Å². The van der Waals surface area contributed by atoms with Crippen LogP contribution in [0.4, 0.5) is 0 Å². The van der Waals surface area contributed by atoms with Crippen molar-refractivity contribution in [3.05, 3.63) is 30.1 Å². The molecule has 1 saturated heterocycles. The van der Waals surface area contributed by atoms with Crippen LogP contribution in [0, 0.1) is 0 Å². The van der Waals surface area contributed by atoms with E-state index in [-0.39, 0.29) is 17.7 Å². The summed E-state index contributed by atoms with van der Waals surface area (Å²) in [5, 5.41) is 2.93. The molecule has 1 aliphatic rings. The molecule has 1 aliphatic heterocycles. The van der Waals surface area contributed by atoms with E-state index in [4.69, 9.17) is 0 Å². The average molecular weight is 345 g/mol. The Morgan fingerprint density at radius 1 is 1.12 bits per heavy atom. The van der Waals surface area contributed by atoms with E-state index < -0.39 is 0 Å². The van der Waals surface area contributed by atoms with Gasteiger partial charge in [-0.1, -0.05) is 32.6 Å². The van der Waals surface area contributed by atoms with Crippen molar-refractivity contribution in [1.82, 2.24) is 15.2 Å². The van der Waals surface area contributed by atoms with Gasteiger partial charge in [-0.15, -0.1) is 0 Å². The highest BCUT2D eigenvalue weighted by molar-refractivity contribution is 6.36. The number of piperidine rings is 1. The van der Waals surface area contributed by atoms with Crippen LogP contribution in [0.5, 0.6) is 0 Å². The number of nitrogens with zero attached hydrogens (tertiary/aromatic N) is 2. The van der Waals surface area contributed by atoms with Crippen molar-refractivity contribution in [3.8, 4) is 0 Å². The average Bonchev–Trinajstić information content (AvgIpc) is 2.64. The Morgan fingerprint density at radius 3 is 2.48 bits per heavy atom. The standard InChI is InChI=1S/C20H31N3O2/c1-2-3-4-5-6-7-19(24)20(25)22-18-10-14-23(15-11-18)16-17-8-12-21-13-9-17/h8-9,12-13,18H,2-7,10-11,14-16H2,1H3,(H,22,25). The predicted molar refractivity (Wildman–Crippen MR) is 99.1 cm³/mol. The second kappa shape index (κ2) is 11.0. The van der Waals surface area contributed by atoms with Gasteiger partial charge in [-0.25, -0.2) is 0 Å². The molecular weight excluding hydrogens is 314 g/mol. The van der Waals surface area contributed by atoms with E-state index >= 15 is 0 Å². The predicted octanol–water partition coefficient (Wildman–Crippen LogP) is 3.09. The number of nitrogens with one attached hydrogen (secondary N) is 1. The van der Waals surface area contributed by atoms with Gasteiger partial charge >= 0.3 is 0 Å².